The van der Waals surface area contributed by atoms with Gasteiger partial charge in [0.15, 0.2) is 0 Å². The van der Waals surface area contributed by atoms with Gasteiger partial charge in [-0.2, -0.15) is 0 Å². The first-order chi connectivity index (χ1) is 6.86. The van der Waals surface area contributed by atoms with Crippen LogP contribution < -0.4 is 0 Å². The van der Waals surface area contributed by atoms with Crippen LogP contribution in [0.3, 0.4) is 0 Å². The molecule has 0 aromatic rings. The van der Waals surface area contributed by atoms with Crippen molar-refractivity contribution in [1.29, 1.82) is 0 Å². The number of β-amino-alcohol motifs (C(OH)–C–C–N with tert-alkyl or cyclic N) is 1. The summed E-state index contributed by atoms with van der Waals surface area (Å²) in [4.78, 5) is 2.19. The van der Waals surface area contributed by atoms with E-state index in [4.69, 9.17) is 4.74 Å². The molecule has 1 heterocycles. The van der Waals surface area contributed by atoms with Crippen LogP contribution in [0.2, 0.25) is 0 Å². The van der Waals surface area contributed by atoms with Crippen LogP contribution in [-0.2, 0) is 70.2 Å². The summed E-state index contributed by atoms with van der Waals surface area (Å²) >= 11 is 0. The van der Waals surface area contributed by atoms with E-state index >= 15 is 0 Å². The molecule has 0 aromatic carbocycles. The van der Waals surface area contributed by atoms with Crippen molar-refractivity contribution in [3.63, 3.8) is 0 Å². The molecule has 2 radical (unpaired) electrons. The summed E-state index contributed by atoms with van der Waals surface area (Å²) in [7, 11) is 1.62. The van der Waals surface area contributed by atoms with E-state index in [2.05, 4.69) is 25.7 Å². The molecular formula is C11H23NO3Y2. The SMILES string of the molecule is COC[C@H]1CN(C(C)(C)C)C[C@@H](O)[C@@H]1O.[Y].[Y]. The Morgan fingerprint density at radius 3 is 2.12 bits per heavy atom. The molecule has 0 bridgehead atoms. The predicted octanol–water partition coefficient (Wildman–Crippen LogP) is 0.0799. The summed E-state index contributed by atoms with van der Waals surface area (Å²) < 4.78 is 5.06. The quantitative estimate of drug-likeness (QED) is 0.696. The normalized spacial score (nSPS) is 30.4. The van der Waals surface area contributed by atoms with Crippen LogP contribution in [-0.4, -0.2) is 59.7 Å². The number of piperidine rings is 1. The van der Waals surface area contributed by atoms with Crippen LogP contribution in [0.5, 0.6) is 0 Å². The minimum Gasteiger partial charge on any atom is -0.390 e. The van der Waals surface area contributed by atoms with Gasteiger partial charge in [0, 0.05) is 97.1 Å². The van der Waals surface area contributed by atoms with Crippen LogP contribution in [0.15, 0.2) is 0 Å². The molecule has 1 rings (SSSR count). The molecule has 3 atom stereocenters. The summed E-state index contributed by atoms with van der Waals surface area (Å²) in [6.45, 7) is 8.13. The van der Waals surface area contributed by atoms with Crippen molar-refractivity contribution in [3.8, 4) is 0 Å². The predicted molar refractivity (Wildman–Crippen MR) is 58.7 cm³/mol. The van der Waals surface area contributed by atoms with Gasteiger partial charge in [0.2, 0.25) is 0 Å². The van der Waals surface area contributed by atoms with Crippen molar-refractivity contribution in [2.45, 2.75) is 38.5 Å². The average molecular weight is 395 g/mol. The van der Waals surface area contributed by atoms with Crippen LogP contribution >= 0.6 is 0 Å². The summed E-state index contributed by atoms with van der Waals surface area (Å²) in [5.41, 5.74) is 0.0209. The number of ether oxygens (including phenoxy) is 1. The van der Waals surface area contributed by atoms with E-state index in [0.29, 0.717) is 13.2 Å². The van der Waals surface area contributed by atoms with E-state index in [9.17, 15) is 10.2 Å². The fourth-order valence-electron chi connectivity index (χ4n) is 2.03. The molecule has 0 aliphatic carbocycles. The first-order valence-corrected chi connectivity index (χ1v) is 5.46. The fourth-order valence-corrected chi connectivity index (χ4v) is 2.03. The minimum atomic E-state index is -0.668. The number of aliphatic hydroxyl groups excluding tert-OH is 2. The van der Waals surface area contributed by atoms with Gasteiger partial charge in [0.1, 0.15) is 0 Å². The summed E-state index contributed by atoms with van der Waals surface area (Å²) in [5, 5.41) is 19.6. The van der Waals surface area contributed by atoms with Crippen molar-refractivity contribution in [1.82, 2.24) is 4.90 Å². The van der Waals surface area contributed by atoms with Crippen molar-refractivity contribution in [3.05, 3.63) is 0 Å². The number of aliphatic hydroxyl groups is 2. The third-order valence-corrected chi connectivity index (χ3v) is 3.07. The van der Waals surface area contributed by atoms with Gasteiger partial charge in [-0.15, -0.1) is 0 Å². The number of likely N-dealkylation sites (tertiary alicyclic amines) is 1. The monoisotopic (exact) mass is 395 g/mol. The van der Waals surface area contributed by atoms with Crippen LogP contribution in [0.25, 0.3) is 0 Å². The molecule has 2 N–H and O–H groups in total. The summed E-state index contributed by atoms with van der Waals surface area (Å²) in [6.07, 6.45) is -1.33. The Labute approximate surface area is 155 Å². The van der Waals surface area contributed by atoms with Gasteiger partial charge in [-0.05, 0) is 20.8 Å². The molecule has 4 nitrogen and oxygen atoms in total. The Morgan fingerprint density at radius 2 is 1.71 bits per heavy atom. The third kappa shape index (κ3) is 6.35. The Bertz CT molecular complexity index is 211. The summed E-state index contributed by atoms with van der Waals surface area (Å²) in [5.74, 6) is -0.00188. The Hall–Kier alpha value is 2.05. The first-order valence-electron chi connectivity index (χ1n) is 5.46. The fraction of sp³-hybridized carbons (Fsp3) is 1.00. The number of methoxy groups -OCH3 is 1. The maximum atomic E-state index is 9.80. The second-order valence-corrected chi connectivity index (χ2v) is 5.35. The second-order valence-electron chi connectivity index (χ2n) is 5.35. The number of rotatable bonds is 2. The van der Waals surface area contributed by atoms with Crippen LogP contribution in [0.4, 0.5) is 0 Å². The van der Waals surface area contributed by atoms with E-state index in [1.165, 1.54) is 0 Å². The Morgan fingerprint density at radius 1 is 1.18 bits per heavy atom. The maximum absolute atomic E-state index is 9.80. The van der Waals surface area contributed by atoms with Crippen molar-refractivity contribution in [2.24, 2.45) is 5.92 Å². The molecule has 0 spiro atoms. The number of hydrogen-bond donors (Lipinski definition) is 2. The van der Waals surface area contributed by atoms with Crippen molar-refractivity contribution in [2.75, 3.05) is 26.8 Å². The molecule has 96 valence electrons. The molecule has 0 aromatic heterocycles. The number of nitrogens with zero attached hydrogens (tertiary/aromatic N) is 1. The third-order valence-electron chi connectivity index (χ3n) is 3.07. The smallest absolute Gasteiger partial charge is 0.0929 e. The zero-order chi connectivity index (χ0) is 11.6. The molecular weight excluding hydrogens is 372 g/mol. The van der Waals surface area contributed by atoms with E-state index in [0.717, 1.165) is 6.54 Å². The van der Waals surface area contributed by atoms with E-state index in [1.54, 1.807) is 7.11 Å². The molecule has 0 unspecified atom stereocenters. The molecule has 0 saturated carbocycles. The van der Waals surface area contributed by atoms with Gasteiger partial charge in [0.05, 0.1) is 18.8 Å². The molecule has 1 aliphatic rings. The molecule has 6 heteroatoms. The average Bonchev–Trinajstić information content (AvgIpc) is 2.11. The zero-order valence-electron chi connectivity index (χ0n) is 11.3. The van der Waals surface area contributed by atoms with Gasteiger partial charge in [-0.3, -0.25) is 4.90 Å². The topological polar surface area (TPSA) is 52.9 Å². The molecule has 1 aliphatic heterocycles. The molecule has 1 fully saturated rings. The van der Waals surface area contributed by atoms with Crippen LogP contribution in [0, 0.1) is 5.92 Å². The van der Waals surface area contributed by atoms with Gasteiger partial charge in [-0.25, -0.2) is 0 Å². The Kier molecular flexibility index (Phi) is 11.4. The van der Waals surface area contributed by atoms with Gasteiger partial charge < -0.3 is 14.9 Å². The van der Waals surface area contributed by atoms with E-state index in [-0.39, 0.29) is 76.9 Å². The van der Waals surface area contributed by atoms with E-state index in [1.807, 2.05) is 0 Å². The van der Waals surface area contributed by atoms with Crippen LogP contribution in [0.1, 0.15) is 20.8 Å². The standard InChI is InChI=1S/C11H23NO3.2Y/c1-11(2,3)12-5-8(7-15-4)10(14)9(13)6-12;;/h8-10,13-14H,5-7H2,1-4H3;;/t8-,9-,10-;;/m1../s1. The van der Waals surface area contributed by atoms with Crippen molar-refractivity contribution < 1.29 is 80.4 Å². The van der Waals surface area contributed by atoms with Gasteiger partial charge in [0.25, 0.3) is 0 Å². The van der Waals surface area contributed by atoms with E-state index < -0.39 is 12.2 Å². The Balaban J connectivity index is 0. The zero-order valence-corrected chi connectivity index (χ0v) is 16.9. The molecule has 17 heavy (non-hydrogen) atoms. The minimum absolute atomic E-state index is 0. The summed E-state index contributed by atoms with van der Waals surface area (Å²) in [6, 6.07) is 0. The molecule has 0 amide bonds. The van der Waals surface area contributed by atoms with Crippen molar-refractivity contribution >= 4 is 0 Å². The largest absolute Gasteiger partial charge is 0.390 e. The molecule has 1 saturated heterocycles. The van der Waals surface area contributed by atoms with Gasteiger partial charge in [-0.1, -0.05) is 0 Å². The van der Waals surface area contributed by atoms with Gasteiger partial charge >= 0.3 is 0 Å². The second kappa shape index (κ2) is 9.07. The number of hydrogen-bond acceptors (Lipinski definition) is 4. The maximum Gasteiger partial charge on any atom is 0.0929 e. The first kappa shape index (κ1) is 21.3.